The fourth-order valence-electron chi connectivity index (χ4n) is 2.10. The van der Waals surface area contributed by atoms with Crippen LogP contribution in [0.4, 0.5) is 0 Å². The molecule has 0 spiro atoms. The third kappa shape index (κ3) is 1.68. The van der Waals surface area contributed by atoms with E-state index in [0.717, 1.165) is 11.3 Å². The van der Waals surface area contributed by atoms with Gasteiger partial charge in [-0.1, -0.05) is 12.1 Å². The minimum absolute atomic E-state index is 0.913. The van der Waals surface area contributed by atoms with Gasteiger partial charge in [-0.3, -0.25) is 0 Å². The zero-order valence-corrected chi connectivity index (χ0v) is 9.63. The van der Waals surface area contributed by atoms with Gasteiger partial charge in [-0.15, -0.1) is 0 Å². The molecule has 0 saturated carbocycles. The molecule has 0 atom stereocenters. The Morgan fingerprint density at radius 1 is 0.941 bits per heavy atom. The van der Waals surface area contributed by atoms with Gasteiger partial charge >= 0.3 is 0 Å². The molecule has 0 radical (unpaired) electrons. The molecule has 3 aromatic rings. The van der Waals surface area contributed by atoms with Crippen LogP contribution in [0, 0.1) is 6.92 Å². The number of aromatic nitrogens is 1. The van der Waals surface area contributed by atoms with E-state index in [0.29, 0.717) is 0 Å². The second-order valence-electron chi connectivity index (χ2n) is 4.02. The minimum Gasteiger partial charge on any atom is -0.464 e. The van der Waals surface area contributed by atoms with Crippen molar-refractivity contribution in [1.82, 2.24) is 4.57 Å². The molecule has 17 heavy (non-hydrogen) atoms. The van der Waals surface area contributed by atoms with Crippen molar-refractivity contribution >= 4 is 0 Å². The van der Waals surface area contributed by atoms with Crippen LogP contribution in [0.5, 0.6) is 0 Å². The molecule has 0 aliphatic heterocycles. The molecule has 1 aromatic carbocycles. The first-order valence-corrected chi connectivity index (χ1v) is 5.63. The second kappa shape index (κ2) is 3.98. The van der Waals surface area contributed by atoms with Crippen LogP contribution in [0.3, 0.4) is 0 Å². The van der Waals surface area contributed by atoms with Gasteiger partial charge in [0.25, 0.3) is 0 Å². The monoisotopic (exact) mass is 223 g/mol. The van der Waals surface area contributed by atoms with E-state index in [1.165, 1.54) is 11.3 Å². The lowest BCUT2D eigenvalue weighted by atomic mass is 10.0. The van der Waals surface area contributed by atoms with E-state index in [9.17, 15) is 0 Å². The molecule has 0 aliphatic carbocycles. The van der Waals surface area contributed by atoms with E-state index < -0.39 is 0 Å². The molecule has 2 heteroatoms. The first-order valence-electron chi connectivity index (χ1n) is 5.63. The third-order valence-electron chi connectivity index (χ3n) is 2.97. The molecule has 0 aliphatic rings. The molecule has 0 fully saturated rings. The Hall–Kier alpha value is -2.22. The summed E-state index contributed by atoms with van der Waals surface area (Å²) in [6.45, 7) is 2.12. The number of hydrogen-bond donors (Lipinski definition) is 0. The first-order chi connectivity index (χ1) is 8.36. The van der Waals surface area contributed by atoms with E-state index in [-0.39, 0.29) is 0 Å². The molecule has 0 amide bonds. The predicted octanol–water partition coefficient (Wildman–Crippen LogP) is 4.05. The summed E-state index contributed by atoms with van der Waals surface area (Å²) in [7, 11) is 0. The summed E-state index contributed by atoms with van der Waals surface area (Å²) in [6, 6.07) is 14.2. The number of furan rings is 1. The quantitative estimate of drug-likeness (QED) is 0.641. The van der Waals surface area contributed by atoms with Crippen molar-refractivity contribution in [3.63, 3.8) is 0 Å². The maximum Gasteiger partial charge on any atom is 0.134 e. The Bertz CT molecular complexity index is 554. The van der Waals surface area contributed by atoms with Crippen molar-refractivity contribution in [3.8, 4) is 17.0 Å². The van der Waals surface area contributed by atoms with E-state index in [1.807, 2.05) is 36.7 Å². The molecule has 3 rings (SSSR count). The molecular formula is C15H13NO. The molecule has 84 valence electrons. The lowest BCUT2D eigenvalue weighted by Crippen LogP contribution is -1.95. The molecule has 0 unspecified atom stereocenters. The lowest BCUT2D eigenvalue weighted by molar-refractivity contribution is 0.582. The van der Waals surface area contributed by atoms with E-state index in [4.69, 9.17) is 4.42 Å². The van der Waals surface area contributed by atoms with Crippen molar-refractivity contribution in [2.45, 2.75) is 6.92 Å². The van der Waals surface area contributed by atoms with Gasteiger partial charge in [0, 0.05) is 23.6 Å². The van der Waals surface area contributed by atoms with Gasteiger partial charge < -0.3 is 8.98 Å². The lowest BCUT2D eigenvalue weighted by Gasteiger charge is -2.10. The molecule has 0 bridgehead atoms. The van der Waals surface area contributed by atoms with Gasteiger partial charge in [-0.05, 0) is 42.8 Å². The van der Waals surface area contributed by atoms with E-state index >= 15 is 0 Å². The normalized spacial score (nSPS) is 10.6. The van der Waals surface area contributed by atoms with E-state index in [1.54, 1.807) is 6.26 Å². The van der Waals surface area contributed by atoms with Crippen LogP contribution in [0.25, 0.3) is 17.0 Å². The van der Waals surface area contributed by atoms with Gasteiger partial charge in [0.15, 0.2) is 0 Å². The zero-order valence-electron chi connectivity index (χ0n) is 9.63. The summed E-state index contributed by atoms with van der Waals surface area (Å²) in [6.07, 6.45) is 5.81. The van der Waals surface area contributed by atoms with Gasteiger partial charge in [-0.2, -0.15) is 0 Å². The Labute approximate surface area is 100 Å². The first kappa shape index (κ1) is 9.97. The van der Waals surface area contributed by atoms with Gasteiger partial charge in [0.05, 0.1) is 6.26 Å². The van der Waals surface area contributed by atoms with Crippen LogP contribution >= 0.6 is 0 Å². The van der Waals surface area contributed by atoms with E-state index in [2.05, 4.69) is 29.7 Å². The smallest absolute Gasteiger partial charge is 0.134 e. The fourth-order valence-corrected chi connectivity index (χ4v) is 2.10. The maximum atomic E-state index is 5.46. The predicted molar refractivity (Wildman–Crippen MR) is 68.2 cm³/mol. The van der Waals surface area contributed by atoms with Crippen LogP contribution < -0.4 is 0 Å². The molecule has 2 aromatic heterocycles. The van der Waals surface area contributed by atoms with Crippen molar-refractivity contribution in [1.29, 1.82) is 0 Å². The summed E-state index contributed by atoms with van der Waals surface area (Å²) in [5, 5.41) is 0. The van der Waals surface area contributed by atoms with Gasteiger partial charge in [0.2, 0.25) is 0 Å². The minimum atomic E-state index is 0.913. The SMILES string of the molecule is Cc1c(-c2ccco2)cccc1-n1cccc1. The average molecular weight is 223 g/mol. The Balaban J connectivity index is 2.17. The van der Waals surface area contributed by atoms with Crippen molar-refractivity contribution in [2.24, 2.45) is 0 Å². The van der Waals surface area contributed by atoms with Crippen LogP contribution in [0.15, 0.2) is 65.5 Å². The Morgan fingerprint density at radius 3 is 2.47 bits per heavy atom. The van der Waals surface area contributed by atoms with Gasteiger partial charge in [-0.25, -0.2) is 0 Å². The standard InChI is InChI=1S/C15H13NO/c1-12-13(15-8-5-11-17-15)6-4-7-14(12)16-9-2-3-10-16/h2-11H,1H3. The highest BCUT2D eigenvalue weighted by molar-refractivity contribution is 5.66. The topological polar surface area (TPSA) is 18.1 Å². The Kier molecular flexibility index (Phi) is 2.33. The van der Waals surface area contributed by atoms with Crippen LogP contribution in [0.2, 0.25) is 0 Å². The fraction of sp³-hybridized carbons (Fsp3) is 0.0667. The third-order valence-corrected chi connectivity index (χ3v) is 2.97. The summed E-state index contributed by atoms with van der Waals surface area (Å²) >= 11 is 0. The summed E-state index contributed by atoms with van der Waals surface area (Å²) in [5.41, 5.74) is 3.55. The highest BCUT2D eigenvalue weighted by Crippen LogP contribution is 2.27. The number of hydrogen-bond acceptors (Lipinski definition) is 1. The van der Waals surface area contributed by atoms with Crippen LogP contribution in [-0.4, -0.2) is 4.57 Å². The zero-order chi connectivity index (χ0) is 11.7. The molecular weight excluding hydrogens is 210 g/mol. The maximum absolute atomic E-state index is 5.46. The van der Waals surface area contributed by atoms with Gasteiger partial charge in [0.1, 0.15) is 5.76 Å². The highest BCUT2D eigenvalue weighted by Gasteiger charge is 2.08. The van der Waals surface area contributed by atoms with Crippen molar-refractivity contribution < 1.29 is 4.42 Å². The molecule has 0 saturated heterocycles. The summed E-state index contributed by atoms with van der Waals surface area (Å²) in [4.78, 5) is 0. The van der Waals surface area contributed by atoms with Crippen molar-refractivity contribution in [3.05, 3.63) is 66.7 Å². The average Bonchev–Trinajstić information content (AvgIpc) is 3.02. The largest absolute Gasteiger partial charge is 0.464 e. The molecule has 2 heterocycles. The van der Waals surface area contributed by atoms with Crippen LogP contribution in [-0.2, 0) is 0 Å². The summed E-state index contributed by atoms with van der Waals surface area (Å²) < 4.78 is 7.58. The Morgan fingerprint density at radius 2 is 1.76 bits per heavy atom. The number of nitrogens with zero attached hydrogens (tertiary/aromatic N) is 1. The highest BCUT2D eigenvalue weighted by atomic mass is 16.3. The number of rotatable bonds is 2. The van der Waals surface area contributed by atoms with Crippen LogP contribution in [0.1, 0.15) is 5.56 Å². The van der Waals surface area contributed by atoms with Crippen molar-refractivity contribution in [2.75, 3.05) is 0 Å². The molecule has 2 nitrogen and oxygen atoms in total. The summed E-state index contributed by atoms with van der Waals surface area (Å²) in [5.74, 6) is 0.913. The molecule has 0 N–H and O–H groups in total. The number of benzene rings is 1. The second-order valence-corrected chi connectivity index (χ2v) is 4.02.